The second kappa shape index (κ2) is 13.4. The highest BCUT2D eigenvalue weighted by Crippen LogP contribution is 2.30. The maximum atomic E-state index is 2.39. The third kappa shape index (κ3) is 5.78. The van der Waals surface area contributed by atoms with Gasteiger partial charge in [-0.25, -0.2) is 0 Å². The smallest absolute Gasteiger partial charge is 0.0489 e. The van der Waals surface area contributed by atoms with Crippen molar-refractivity contribution in [2.75, 3.05) is 0 Å². The summed E-state index contributed by atoms with van der Waals surface area (Å²) < 4.78 is 9.56. The molecule has 4 nitrogen and oxygen atoms in total. The Balaban J connectivity index is 1.03. The Morgan fingerprint density at radius 2 is 0.464 bits per heavy atom. The molecule has 56 heavy (non-hydrogen) atoms. The Morgan fingerprint density at radius 1 is 0.250 bits per heavy atom. The van der Waals surface area contributed by atoms with Crippen LogP contribution in [0.15, 0.2) is 170 Å². The monoisotopic (exact) mass is 720 g/mol. The number of hydrogen-bond donors (Lipinski definition) is 0. The molecule has 0 saturated heterocycles. The topological polar surface area (TPSA) is 19.7 Å². The Morgan fingerprint density at radius 3 is 0.696 bits per heavy atom. The van der Waals surface area contributed by atoms with Crippen LogP contribution in [0.3, 0.4) is 0 Å². The summed E-state index contributed by atoms with van der Waals surface area (Å²) in [5.41, 5.74) is 15.0. The highest BCUT2D eigenvalue weighted by molar-refractivity contribution is 5.98. The normalized spacial score (nSPS) is 13.9. The molecule has 0 amide bonds. The van der Waals surface area contributed by atoms with Crippen molar-refractivity contribution in [2.45, 2.75) is 26.2 Å². The molecule has 0 N–H and O–H groups in total. The van der Waals surface area contributed by atoms with E-state index in [4.69, 9.17) is 0 Å². The summed E-state index contributed by atoms with van der Waals surface area (Å²) in [6.07, 6.45) is 18.4. The van der Waals surface area contributed by atoms with Gasteiger partial charge in [-0.2, -0.15) is 0 Å². The Hall–Kier alpha value is -7.04. The predicted octanol–water partition coefficient (Wildman–Crippen LogP) is 12.4. The van der Waals surface area contributed by atoms with E-state index in [0.717, 1.165) is 26.2 Å². The lowest BCUT2D eigenvalue weighted by atomic mass is 10.1. The van der Waals surface area contributed by atoms with Gasteiger partial charge in [0.2, 0.25) is 0 Å². The maximum Gasteiger partial charge on any atom is 0.0489 e. The maximum absolute atomic E-state index is 2.39. The van der Waals surface area contributed by atoms with Crippen molar-refractivity contribution < 1.29 is 0 Å². The van der Waals surface area contributed by atoms with E-state index >= 15 is 0 Å². The summed E-state index contributed by atoms with van der Waals surface area (Å²) in [6, 6.07) is 53.4. The molecule has 4 heteroatoms. The van der Waals surface area contributed by atoms with Crippen LogP contribution in [0.2, 0.25) is 0 Å². The van der Waals surface area contributed by atoms with Crippen LogP contribution in [0.4, 0.5) is 0 Å². The minimum atomic E-state index is 0.810. The lowest BCUT2D eigenvalue weighted by molar-refractivity contribution is 0.821. The molecule has 4 aliphatic heterocycles. The van der Waals surface area contributed by atoms with E-state index in [1.807, 2.05) is 0 Å². The Bertz CT molecular complexity index is 2700. The van der Waals surface area contributed by atoms with Crippen LogP contribution in [-0.2, 0) is 26.2 Å². The van der Waals surface area contributed by atoms with Crippen LogP contribution in [0.1, 0.15) is 44.5 Å². The number of fused-ring (bicyclic) bond motifs is 4. The molecule has 12 bridgehead atoms. The summed E-state index contributed by atoms with van der Waals surface area (Å²) in [5.74, 6) is 0. The van der Waals surface area contributed by atoms with Gasteiger partial charge in [0, 0.05) is 117 Å². The van der Waals surface area contributed by atoms with E-state index in [-0.39, 0.29) is 0 Å². The van der Waals surface area contributed by atoms with E-state index in [1.165, 1.54) is 88.1 Å². The first-order valence-electron chi connectivity index (χ1n) is 19.5. The van der Waals surface area contributed by atoms with Gasteiger partial charge >= 0.3 is 0 Å². The number of nitrogens with zero attached hydrogens (tertiary/aromatic N) is 4. The predicted molar refractivity (Wildman–Crippen MR) is 235 cm³/mol. The molecule has 6 aromatic carbocycles. The molecule has 0 unspecified atom stereocenters. The molecule has 0 radical (unpaired) electrons. The number of hydrogen-bond acceptors (Lipinski definition) is 0. The Kier molecular flexibility index (Phi) is 7.73. The fourth-order valence-corrected chi connectivity index (χ4v) is 8.80. The SMILES string of the molecule is C1=Cc2cn(c3ccccc23)Cc2ccc(cc2)Cn2cc(c3ccccc32)/C=C\c2cn(c3ccccc23)Cc2ccc(cc2)Cn2cc1c1ccccc12. The molecule has 14 rings (SSSR count). The van der Waals surface area contributed by atoms with E-state index in [1.54, 1.807) is 0 Å². The molecule has 10 aromatic rings. The van der Waals surface area contributed by atoms with Crippen molar-refractivity contribution in [2.24, 2.45) is 0 Å². The molecule has 0 saturated carbocycles. The van der Waals surface area contributed by atoms with Gasteiger partial charge in [0.1, 0.15) is 0 Å². The first-order valence-corrected chi connectivity index (χ1v) is 19.5. The summed E-state index contributed by atoms with van der Waals surface area (Å²) in [6.45, 7) is 3.24. The van der Waals surface area contributed by atoms with Crippen LogP contribution in [0.5, 0.6) is 0 Å². The second-order valence-electron chi connectivity index (χ2n) is 15.2. The zero-order chi connectivity index (χ0) is 37.0. The van der Waals surface area contributed by atoms with Gasteiger partial charge in [-0.1, -0.05) is 146 Å². The summed E-state index contributed by atoms with van der Waals surface area (Å²) in [7, 11) is 0. The fraction of sp³-hybridized carbons (Fsp3) is 0.0769. The zero-order valence-corrected chi connectivity index (χ0v) is 31.1. The quantitative estimate of drug-likeness (QED) is 0.149. The molecular weight excluding hydrogens is 681 g/mol. The van der Waals surface area contributed by atoms with Crippen molar-refractivity contribution in [1.82, 2.24) is 18.3 Å². The molecule has 4 aliphatic rings. The molecule has 0 atom stereocenters. The number of benzene rings is 6. The van der Waals surface area contributed by atoms with Gasteiger partial charge in [-0.3, -0.25) is 0 Å². The first-order chi connectivity index (χ1) is 27.7. The molecule has 8 heterocycles. The number of rotatable bonds is 0. The third-order valence-electron chi connectivity index (χ3n) is 11.6. The van der Waals surface area contributed by atoms with Crippen LogP contribution in [-0.4, -0.2) is 18.3 Å². The van der Waals surface area contributed by atoms with Gasteiger partial charge in [-0.05, 0) is 46.5 Å². The van der Waals surface area contributed by atoms with Crippen molar-refractivity contribution in [3.05, 3.63) is 215 Å². The van der Waals surface area contributed by atoms with Crippen molar-refractivity contribution in [3.8, 4) is 0 Å². The highest BCUT2D eigenvalue weighted by Gasteiger charge is 2.13. The highest BCUT2D eigenvalue weighted by atomic mass is 15.0. The van der Waals surface area contributed by atoms with Gasteiger partial charge in [0.15, 0.2) is 0 Å². The first kappa shape index (κ1) is 32.4. The minimum absolute atomic E-state index is 0.810. The van der Waals surface area contributed by atoms with E-state index in [0.29, 0.717) is 0 Å². The lowest BCUT2D eigenvalue weighted by Gasteiger charge is -2.09. The van der Waals surface area contributed by atoms with Gasteiger partial charge in [0.25, 0.3) is 0 Å². The molecular formula is C52H40N4. The minimum Gasteiger partial charge on any atom is -0.342 e. The van der Waals surface area contributed by atoms with Gasteiger partial charge < -0.3 is 18.3 Å². The van der Waals surface area contributed by atoms with Crippen LogP contribution >= 0.6 is 0 Å². The van der Waals surface area contributed by atoms with E-state index < -0.39 is 0 Å². The van der Waals surface area contributed by atoms with E-state index in [2.05, 4.69) is 213 Å². The summed E-state index contributed by atoms with van der Waals surface area (Å²) in [5, 5.41) is 5.06. The fourth-order valence-electron chi connectivity index (χ4n) is 8.80. The van der Waals surface area contributed by atoms with Crippen molar-refractivity contribution >= 4 is 67.9 Å². The summed E-state index contributed by atoms with van der Waals surface area (Å²) in [4.78, 5) is 0. The zero-order valence-electron chi connectivity index (χ0n) is 31.1. The van der Waals surface area contributed by atoms with E-state index in [9.17, 15) is 0 Å². The molecule has 0 aliphatic carbocycles. The standard InChI is InChI=1S/C52H40N4/c1-5-13-49-45(9-1)41-25-26-42-34-54(50-14-6-2-10-46(42)50)30-39-21-23-40(24-22-39)32-56-36-44(48-12-4-8-16-52(48)56)28-27-43-35-55(51-15-7-3-11-47(43)51)31-38-19-17-37(18-20-38)29-53(49)33-41/h1-28,33-36H,29-32H2/b26-25-,28-27?. The van der Waals surface area contributed by atoms with Crippen molar-refractivity contribution in [3.63, 3.8) is 0 Å². The lowest BCUT2D eigenvalue weighted by Crippen LogP contribution is -2.00. The molecule has 0 spiro atoms. The number of aromatic nitrogens is 4. The largest absolute Gasteiger partial charge is 0.342 e. The van der Waals surface area contributed by atoms with Crippen molar-refractivity contribution in [1.29, 1.82) is 0 Å². The molecule has 268 valence electrons. The van der Waals surface area contributed by atoms with Gasteiger partial charge in [-0.15, -0.1) is 0 Å². The average molecular weight is 721 g/mol. The summed E-state index contributed by atoms with van der Waals surface area (Å²) >= 11 is 0. The van der Waals surface area contributed by atoms with Crippen LogP contribution < -0.4 is 0 Å². The second-order valence-corrected chi connectivity index (χ2v) is 15.2. The van der Waals surface area contributed by atoms with Crippen LogP contribution in [0.25, 0.3) is 67.9 Å². The van der Waals surface area contributed by atoms with Gasteiger partial charge in [0.05, 0.1) is 0 Å². The molecule has 0 fully saturated rings. The molecule has 4 aromatic heterocycles. The Labute approximate surface area is 326 Å². The number of para-hydroxylation sites is 4. The third-order valence-corrected chi connectivity index (χ3v) is 11.6. The van der Waals surface area contributed by atoms with Crippen LogP contribution in [0, 0.1) is 0 Å². The average Bonchev–Trinajstić information content (AvgIpc) is 3.99.